The maximum absolute atomic E-state index is 6.01. The van der Waals surface area contributed by atoms with Crippen LogP contribution in [0.25, 0.3) is 0 Å². The number of hydrogen-bond acceptors (Lipinski definition) is 5. The predicted molar refractivity (Wildman–Crippen MR) is 72.8 cm³/mol. The van der Waals surface area contributed by atoms with E-state index < -0.39 is 5.60 Å². The van der Waals surface area contributed by atoms with E-state index in [-0.39, 0.29) is 6.04 Å². The van der Waals surface area contributed by atoms with Crippen molar-refractivity contribution < 1.29 is 9.26 Å². The monoisotopic (exact) mass is 267 g/mol. The van der Waals surface area contributed by atoms with Gasteiger partial charge in [0.15, 0.2) is 0 Å². The zero-order chi connectivity index (χ0) is 13.9. The molecule has 0 saturated heterocycles. The van der Waals surface area contributed by atoms with Gasteiger partial charge in [-0.3, -0.25) is 0 Å². The molecule has 3 atom stereocenters. The van der Waals surface area contributed by atoms with Crippen molar-refractivity contribution in [3.63, 3.8) is 0 Å². The smallest absolute Gasteiger partial charge is 0.229 e. The van der Waals surface area contributed by atoms with E-state index in [0.29, 0.717) is 18.3 Å². The summed E-state index contributed by atoms with van der Waals surface area (Å²) in [5.74, 6) is 1.70. The van der Waals surface area contributed by atoms with Crippen LogP contribution < -0.4 is 5.73 Å². The molecule has 0 spiro atoms. The van der Waals surface area contributed by atoms with E-state index >= 15 is 0 Å². The van der Waals surface area contributed by atoms with Crippen molar-refractivity contribution in [2.45, 2.75) is 70.4 Å². The molecule has 5 heteroatoms. The van der Waals surface area contributed by atoms with E-state index in [1.54, 1.807) is 0 Å². The minimum absolute atomic E-state index is 0.263. The molecule has 0 radical (unpaired) electrons. The van der Waals surface area contributed by atoms with Crippen LogP contribution in [0.4, 0.5) is 0 Å². The molecule has 1 aromatic rings. The Morgan fingerprint density at radius 1 is 1.42 bits per heavy atom. The van der Waals surface area contributed by atoms with Gasteiger partial charge in [0.05, 0.1) is 0 Å². The van der Waals surface area contributed by atoms with Crippen LogP contribution in [0, 0.1) is 0 Å². The van der Waals surface area contributed by atoms with Gasteiger partial charge in [-0.25, -0.2) is 0 Å². The molecule has 0 aromatic carbocycles. The molecule has 1 aliphatic rings. The zero-order valence-corrected chi connectivity index (χ0v) is 12.2. The molecular formula is C14H25N3O2. The maximum Gasteiger partial charge on any atom is 0.229 e. The van der Waals surface area contributed by atoms with Crippen molar-refractivity contribution in [2.24, 2.45) is 5.73 Å². The number of nitrogens with two attached hydrogens (primary N) is 1. The summed E-state index contributed by atoms with van der Waals surface area (Å²) in [5.41, 5.74) is 5.56. The van der Waals surface area contributed by atoms with Gasteiger partial charge in [-0.1, -0.05) is 18.5 Å². The van der Waals surface area contributed by atoms with Gasteiger partial charge in [0.25, 0.3) is 0 Å². The Kier molecular flexibility index (Phi) is 4.58. The summed E-state index contributed by atoms with van der Waals surface area (Å²) in [5, 5.41) is 4.13. The molecule has 1 aromatic heterocycles. The van der Waals surface area contributed by atoms with Crippen LogP contribution in [-0.4, -0.2) is 22.8 Å². The average molecular weight is 267 g/mol. The Hall–Kier alpha value is -0.940. The van der Waals surface area contributed by atoms with Gasteiger partial charge >= 0.3 is 0 Å². The fourth-order valence-electron chi connectivity index (χ4n) is 2.71. The highest BCUT2D eigenvalue weighted by atomic mass is 16.5. The van der Waals surface area contributed by atoms with Crippen molar-refractivity contribution >= 4 is 0 Å². The largest absolute Gasteiger partial charge is 0.367 e. The van der Waals surface area contributed by atoms with Crippen molar-refractivity contribution in [1.29, 1.82) is 0 Å². The third kappa shape index (κ3) is 3.15. The van der Waals surface area contributed by atoms with E-state index in [9.17, 15) is 0 Å². The molecule has 1 aliphatic carbocycles. The predicted octanol–water partition coefficient (Wildman–Crippen LogP) is 2.72. The van der Waals surface area contributed by atoms with E-state index in [1.807, 2.05) is 13.8 Å². The second kappa shape index (κ2) is 6.01. The summed E-state index contributed by atoms with van der Waals surface area (Å²) in [4.78, 5) is 4.57. The quantitative estimate of drug-likeness (QED) is 0.887. The highest BCUT2D eigenvalue weighted by Gasteiger charge is 2.33. The Labute approximate surface area is 114 Å². The van der Waals surface area contributed by atoms with Crippen molar-refractivity contribution in [2.75, 3.05) is 6.61 Å². The van der Waals surface area contributed by atoms with Crippen LogP contribution in [0.15, 0.2) is 4.52 Å². The molecule has 1 fully saturated rings. The van der Waals surface area contributed by atoms with E-state index in [1.165, 1.54) is 0 Å². The molecule has 0 aliphatic heterocycles. The summed E-state index contributed by atoms with van der Waals surface area (Å²) >= 11 is 0. The van der Waals surface area contributed by atoms with Gasteiger partial charge in [-0.15, -0.1) is 0 Å². The van der Waals surface area contributed by atoms with Crippen molar-refractivity contribution in [1.82, 2.24) is 10.1 Å². The summed E-state index contributed by atoms with van der Waals surface area (Å²) in [7, 11) is 0. The number of aromatic nitrogens is 2. The number of ether oxygens (including phenoxy) is 1. The Morgan fingerprint density at radius 3 is 2.84 bits per heavy atom. The second-order valence-corrected chi connectivity index (χ2v) is 5.60. The molecule has 0 amide bonds. The summed E-state index contributed by atoms with van der Waals surface area (Å²) in [6.45, 7) is 6.71. The minimum atomic E-state index is -0.451. The lowest BCUT2D eigenvalue weighted by atomic mass is 9.86. The molecule has 19 heavy (non-hydrogen) atoms. The summed E-state index contributed by atoms with van der Waals surface area (Å²) in [6.07, 6.45) is 5.10. The van der Waals surface area contributed by atoms with Crippen LogP contribution in [0.3, 0.4) is 0 Å². The zero-order valence-electron chi connectivity index (χ0n) is 12.2. The Balaban J connectivity index is 2.13. The Bertz CT molecular complexity index is 407. The molecular weight excluding hydrogens is 242 g/mol. The van der Waals surface area contributed by atoms with E-state index in [2.05, 4.69) is 17.1 Å². The molecule has 0 bridgehead atoms. The lowest BCUT2D eigenvalue weighted by Gasteiger charge is -2.25. The molecule has 108 valence electrons. The van der Waals surface area contributed by atoms with Gasteiger partial charge in [-0.05, 0) is 39.5 Å². The summed E-state index contributed by atoms with van der Waals surface area (Å²) < 4.78 is 11.2. The minimum Gasteiger partial charge on any atom is -0.367 e. The molecule has 2 N–H and O–H groups in total. The normalized spacial score (nSPS) is 27.2. The third-order valence-corrected chi connectivity index (χ3v) is 4.12. The highest BCUT2D eigenvalue weighted by Crippen LogP contribution is 2.33. The molecule has 3 unspecified atom stereocenters. The first kappa shape index (κ1) is 14.5. The van der Waals surface area contributed by atoms with E-state index in [0.717, 1.165) is 38.0 Å². The highest BCUT2D eigenvalue weighted by molar-refractivity contribution is 5.03. The first-order valence-electron chi connectivity index (χ1n) is 7.32. The summed E-state index contributed by atoms with van der Waals surface area (Å²) in [6, 6.07) is 0.263. The van der Waals surface area contributed by atoms with Gasteiger partial charge in [0.2, 0.25) is 11.7 Å². The first-order chi connectivity index (χ1) is 9.09. The number of rotatable bonds is 5. The van der Waals surface area contributed by atoms with Crippen LogP contribution in [0.5, 0.6) is 0 Å². The SMILES string of the molecule is CCOC(C)(CC)c1noc(C2CCCC(N)C2)n1. The van der Waals surface area contributed by atoms with Gasteiger partial charge < -0.3 is 15.0 Å². The van der Waals surface area contributed by atoms with Crippen LogP contribution >= 0.6 is 0 Å². The molecule has 2 rings (SSSR count). The standard InChI is InChI=1S/C14H25N3O2/c1-4-14(3,18-5-2)13-16-12(19-17-13)10-7-6-8-11(15)9-10/h10-11H,4-9,15H2,1-3H3. The molecule has 1 heterocycles. The second-order valence-electron chi connectivity index (χ2n) is 5.60. The van der Waals surface area contributed by atoms with Gasteiger partial charge in [0.1, 0.15) is 5.60 Å². The van der Waals surface area contributed by atoms with Gasteiger partial charge in [0, 0.05) is 18.6 Å². The lowest BCUT2D eigenvalue weighted by Crippen LogP contribution is -2.28. The fourth-order valence-corrected chi connectivity index (χ4v) is 2.71. The van der Waals surface area contributed by atoms with E-state index in [4.69, 9.17) is 15.0 Å². The molecule has 1 saturated carbocycles. The van der Waals surface area contributed by atoms with Gasteiger partial charge in [-0.2, -0.15) is 4.98 Å². The topological polar surface area (TPSA) is 74.2 Å². The Morgan fingerprint density at radius 2 is 2.21 bits per heavy atom. The average Bonchev–Trinajstić information content (AvgIpc) is 2.89. The first-order valence-corrected chi connectivity index (χ1v) is 7.32. The van der Waals surface area contributed by atoms with Crippen LogP contribution in [-0.2, 0) is 10.3 Å². The van der Waals surface area contributed by atoms with Crippen LogP contribution in [0.1, 0.15) is 70.5 Å². The van der Waals surface area contributed by atoms with Crippen molar-refractivity contribution in [3.8, 4) is 0 Å². The lowest BCUT2D eigenvalue weighted by molar-refractivity contribution is -0.0403. The third-order valence-electron chi connectivity index (χ3n) is 4.12. The fraction of sp³-hybridized carbons (Fsp3) is 0.857. The number of hydrogen-bond donors (Lipinski definition) is 1. The maximum atomic E-state index is 6.01. The van der Waals surface area contributed by atoms with Crippen LogP contribution in [0.2, 0.25) is 0 Å². The number of nitrogens with zero attached hydrogens (tertiary/aromatic N) is 2. The van der Waals surface area contributed by atoms with Crippen molar-refractivity contribution in [3.05, 3.63) is 11.7 Å². The molecule has 5 nitrogen and oxygen atoms in total.